The maximum atomic E-state index is 11.8. The zero-order valence-electron chi connectivity index (χ0n) is 19.2. The van der Waals surface area contributed by atoms with Crippen molar-refractivity contribution in [3.05, 3.63) is 77.1 Å². The van der Waals surface area contributed by atoms with Crippen molar-refractivity contribution in [1.29, 1.82) is 0 Å². The van der Waals surface area contributed by atoms with Crippen molar-refractivity contribution in [1.82, 2.24) is 20.1 Å². The highest BCUT2D eigenvalue weighted by Crippen LogP contribution is 2.24. The van der Waals surface area contributed by atoms with Crippen molar-refractivity contribution in [3.63, 3.8) is 0 Å². The number of unbranched alkanes of at least 4 members (excludes halogenated alkanes) is 1. The summed E-state index contributed by atoms with van der Waals surface area (Å²) in [6.07, 6.45) is 5.14. The fourth-order valence-corrected chi connectivity index (χ4v) is 4.62. The first kappa shape index (κ1) is 24.1. The number of thioether (sulfide) groups is 1. The van der Waals surface area contributed by atoms with Gasteiger partial charge < -0.3 is 9.88 Å². The Morgan fingerprint density at radius 2 is 1.78 bits per heavy atom. The van der Waals surface area contributed by atoms with Gasteiger partial charge >= 0.3 is 0 Å². The van der Waals surface area contributed by atoms with Crippen LogP contribution in [-0.4, -0.2) is 27.2 Å². The summed E-state index contributed by atoms with van der Waals surface area (Å²) in [5.74, 6) is 2.04. The van der Waals surface area contributed by atoms with E-state index in [0.717, 1.165) is 61.9 Å². The molecule has 0 radical (unpaired) electrons. The number of aromatic nitrogens is 3. The van der Waals surface area contributed by atoms with E-state index in [2.05, 4.69) is 82.5 Å². The van der Waals surface area contributed by atoms with Crippen LogP contribution in [0.2, 0.25) is 0 Å². The number of nitrogens with one attached hydrogen (secondary N) is 1. The third-order valence-corrected chi connectivity index (χ3v) is 6.52. The molecule has 0 bridgehead atoms. The molecule has 0 saturated heterocycles. The van der Waals surface area contributed by atoms with Gasteiger partial charge in [-0.05, 0) is 49.3 Å². The highest BCUT2D eigenvalue weighted by molar-refractivity contribution is 7.98. The molecule has 3 aromatic rings. The Labute approximate surface area is 196 Å². The maximum absolute atomic E-state index is 11.8. The molecule has 0 fully saturated rings. The van der Waals surface area contributed by atoms with Crippen LogP contribution in [0.3, 0.4) is 0 Å². The lowest BCUT2D eigenvalue weighted by atomic mass is 10.1. The molecule has 2 aromatic carbocycles. The molecule has 0 spiro atoms. The number of aryl methyl sites for hydroxylation is 3. The molecule has 0 aliphatic heterocycles. The summed E-state index contributed by atoms with van der Waals surface area (Å²) >= 11 is 1.75. The number of rotatable bonds is 13. The van der Waals surface area contributed by atoms with E-state index in [1.54, 1.807) is 11.8 Å². The molecule has 1 amide bonds. The number of nitrogens with zero attached hydrogens (tertiary/aromatic N) is 3. The molecule has 5 nitrogen and oxygen atoms in total. The average molecular weight is 451 g/mol. The third-order valence-electron chi connectivity index (χ3n) is 5.50. The molecule has 1 aromatic heterocycles. The summed E-state index contributed by atoms with van der Waals surface area (Å²) in [6, 6.07) is 19.0. The zero-order valence-corrected chi connectivity index (χ0v) is 20.0. The van der Waals surface area contributed by atoms with Gasteiger partial charge in [0.2, 0.25) is 5.91 Å². The van der Waals surface area contributed by atoms with Crippen LogP contribution in [0.25, 0.3) is 0 Å². The fourth-order valence-electron chi connectivity index (χ4n) is 3.56. The predicted molar refractivity (Wildman–Crippen MR) is 132 cm³/mol. The van der Waals surface area contributed by atoms with Crippen LogP contribution in [0.15, 0.2) is 59.8 Å². The summed E-state index contributed by atoms with van der Waals surface area (Å²) in [4.78, 5) is 11.8. The maximum Gasteiger partial charge on any atom is 0.219 e. The molecule has 0 saturated carbocycles. The molecule has 3 rings (SSSR count). The number of hydrogen-bond acceptors (Lipinski definition) is 4. The quantitative estimate of drug-likeness (QED) is 0.281. The van der Waals surface area contributed by atoms with Crippen molar-refractivity contribution >= 4 is 17.7 Å². The second-order valence-electron chi connectivity index (χ2n) is 8.06. The molecule has 32 heavy (non-hydrogen) atoms. The molecule has 0 aliphatic rings. The molecule has 0 atom stereocenters. The van der Waals surface area contributed by atoms with Gasteiger partial charge in [-0.1, -0.05) is 73.3 Å². The summed E-state index contributed by atoms with van der Waals surface area (Å²) < 4.78 is 2.27. The van der Waals surface area contributed by atoms with Gasteiger partial charge in [0.25, 0.3) is 0 Å². The smallest absolute Gasteiger partial charge is 0.219 e. The lowest BCUT2D eigenvalue weighted by molar-refractivity contribution is -0.121. The van der Waals surface area contributed by atoms with Crippen LogP contribution < -0.4 is 5.32 Å². The SMILES string of the molecule is CCCNC(=O)CCCCc1nnc(SCc2ccccc2C)n1CCc1ccccc1. The first-order chi connectivity index (χ1) is 15.7. The third kappa shape index (κ3) is 7.52. The number of carbonyl (C=O) groups is 1. The Hall–Kier alpha value is -2.60. The van der Waals surface area contributed by atoms with E-state index >= 15 is 0 Å². The van der Waals surface area contributed by atoms with Crippen LogP contribution in [0.4, 0.5) is 0 Å². The van der Waals surface area contributed by atoms with E-state index in [-0.39, 0.29) is 5.91 Å². The van der Waals surface area contributed by atoms with Crippen LogP contribution in [-0.2, 0) is 29.9 Å². The van der Waals surface area contributed by atoms with Gasteiger partial charge in [0, 0.05) is 31.7 Å². The van der Waals surface area contributed by atoms with Crippen LogP contribution in [0.5, 0.6) is 0 Å². The summed E-state index contributed by atoms with van der Waals surface area (Å²) in [5, 5.41) is 13.0. The number of amides is 1. The second-order valence-corrected chi connectivity index (χ2v) is 9.00. The molecular weight excluding hydrogens is 416 g/mol. The van der Waals surface area contributed by atoms with E-state index in [9.17, 15) is 4.79 Å². The number of benzene rings is 2. The lowest BCUT2D eigenvalue weighted by Gasteiger charge is -2.11. The summed E-state index contributed by atoms with van der Waals surface area (Å²) in [5.41, 5.74) is 3.95. The van der Waals surface area contributed by atoms with E-state index in [1.165, 1.54) is 16.7 Å². The van der Waals surface area contributed by atoms with E-state index in [4.69, 9.17) is 0 Å². The van der Waals surface area contributed by atoms with E-state index < -0.39 is 0 Å². The molecule has 170 valence electrons. The Balaban J connectivity index is 1.62. The van der Waals surface area contributed by atoms with Gasteiger partial charge in [-0.25, -0.2) is 0 Å². The van der Waals surface area contributed by atoms with Crippen LogP contribution in [0, 0.1) is 6.92 Å². The Kier molecular flexibility index (Phi) is 9.82. The fraction of sp³-hybridized carbons (Fsp3) is 0.423. The molecule has 0 aliphatic carbocycles. The molecule has 1 N–H and O–H groups in total. The van der Waals surface area contributed by atoms with Gasteiger partial charge in [-0.3, -0.25) is 4.79 Å². The van der Waals surface area contributed by atoms with Crippen LogP contribution >= 0.6 is 11.8 Å². The standard InChI is InChI=1S/C26H34N4OS/c1-3-18-27-25(31)16-10-9-15-24-28-29-26(32-20-23-14-8-7-11-21(23)2)30(24)19-17-22-12-5-4-6-13-22/h4-8,11-14H,3,9-10,15-20H2,1-2H3,(H,27,31). The summed E-state index contributed by atoms with van der Waals surface area (Å²) in [7, 11) is 0. The lowest BCUT2D eigenvalue weighted by Crippen LogP contribution is -2.23. The predicted octanol–water partition coefficient (Wildman–Crippen LogP) is 5.36. The first-order valence-corrected chi connectivity index (χ1v) is 12.6. The van der Waals surface area contributed by atoms with Crippen molar-refractivity contribution in [2.24, 2.45) is 0 Å². The molecule has 0 unspecified atom stereocenters. The minimum Gasteiger partial charge on any atom is -0.356 e. The highest BCUT2D eigenvalue weighted by atomic mass is 32.2. The topological polar surface area (TPSA) is 59.8 Å². The monoisotopic (exact) mass is 450 g/mol. The Morgan fingerprint density at radius 3 is 2.56 bits per heavy atom. The van der Waals surface area contributed by atoms with Gasteiger partial charge in [-0.15, -0.1) is 10.2 Å². The Morgan fingerprint density at radius 1 is 1.00 bits per heavy atom. The van der Waals surface area contributed by atoms with Gasteiger partial charge in [-0.2, -0.15) is 0 Å². The molecule has 1 heterocycles. The van der Waals surface area contributed by atoms with Crippen LogP contribution in [0.1, 0.15) is 55.1 Å². The average Bonchev–Trinajstić information content (AvgIpc) is 3.20. The van der Waals surface area contributed by atoms with Crippen molar-refractivity contribution < 1.29 is 4.79 Å². The highest BCUT2D eigenvalue weighted by Gasteiger charge is 2.14. The van der Waals surface area contributed by atoms with Gasteiger partial charge in [0.05, 0.1) is 0 Å². The number of hydrogen-bond donors (Lipinski definition) is 1. The normalized spacial score (nSPS) is 10.9. The minimum absolute atomic E-state index is 0.145. The van der Waals surface area contributed by atoms with Gasteiger partial charge in [0.15, 0.2) is 5.16 Å². The van der Waals surface area contributed by atoms with Crippen molar-refractivity contribution in [2.45, 2.75) is 69.8 Å². The van der Waals surface area contributed by atoms with Gasteiger partial charge in [0.1, 0.15) is 5.82 Å². The first-order valence-electron chi connectivity index (χ1n) is 11.6. The second kappa shape index (κ2) is 13.1. The van der Waals surface area contributed by atoms with E-state index in [1.807, 2.05) is 6.07 Å². The number of carbonyl (C=O) groups excluding carboxylic acids is 1. The van der Waals surface area contributed by atoms with Crippen molar-refractivity contribution in [2.75, 3.05) is 6.54 Å². The largest absolute Gasteiger partial charge is 0.356 e. The molecular formula is C26H34N4OS. The molecule has 6 heteroatoms. The van der Waals surface area contributed by atoms with E-state index in [0.29, 0.717) is 6.42 Å². The van der Waals surface area contributed by atoms with Crippen molar-refractivity contribution in [3.8, 4) is 0 Å². The summed E-state index contributed by atoms with van der Waals surface area (Å²) in [6.45, 7) is 5.84. The minimum atomic E-state index is 0.145. The zero-order chi connectivity index (χ0) is 22.6. The Bertz CT molecular complexity index is 971.